The van der Waals surface area contributed by atoms with Crippen LogP contribution in [0, 0.1) is 23.2 Å². The second-order valence-electron chi connectivity index (χ2n) is 5.67. The van der Waals surface area contributed by atoms with Gasteiger partial charge >= 0.3 is 0 Å². The third-order valence-electron chi connectivity index (χ3n) is 4.81. The summed E-state index contributed by atoms with van der Waals surface area (Å²) >= 11 is 0. The van der Waals surface area contributed by atoms with Crippen molar-refractivity contribution in [3.63, 3.8) is 0 Å². The lowest BCUT2D eigenvalue weighted by Gasteiger charge is -2.65. The summed E-state index contributed by atoms with van der Waals surface area (Å²) < 4.78 is 0. The molecule has 0 aromatic carbocycles. The van der Waals surface area contributed by atoms with Gasteiger partial charge in [0, 0.05) is 0 Å². The largest absolute Gasteiger partial charge is 0.390 e. The molecule has 3 saturated carbocycles. The third kappa shape index (κ3) is 0.783. The van der Waals surface area contributed by atoms with E-state index in [-0.39, 0.29) is 0 Å². The van der Waals surface area contributed by atoms with Crippen LogP contribution in [0.2, 0.25) is 0 Å². The molecule has 1 nitrogen and oxygen atoms in total. The minimum absolute atomic E-state index is 0.399. The average Bonchev–Trinajstić information content (AvgIpc) is 1.93. The number of fused-ring (bicyclic) bond motifs is 2. The number of rotatable bonds is 0. The highest BCUT2D eigenvalue weighted by Crippen LogP contribution is 2.64. The normalized spacial score (nSPS) is 56.2. The second kappa shape index (κ2) is 2.06. The molecule has 1 N–H and O–H groups in total. The van der Waals surface area contributed by atoms with Gasteiger partial charge in [-0.2, -0.15) is 0 Å². The molecule has 0 aromatic rings. The lowest BCUT2D eigenvalue weighted by Crippen LogP contribution is -2.63. The molecule has 1 heteroatoms. The van der Waals surface area contributed by atoms with Crippen molar-refractivity contribution in [2.45, 2.75) is 46.1 Å². The van der Waals surface area contributed by atoms with E-state index in [0.29, 0.717) is 17.3 Å². The molecule has 0 spiro atoms. The van der Waals surface area contributed by atoms with Crippen LogP contribution in [0.25, 0.3) is 0 Å². The van der Waals surface area contributed by atoms with E-state index in [1.807, 2.05) is 6.92 Å². The fourth-order valence-electron chi connectivity index (χ4n) is 3.42. The highest BCUT2D eigenvalue weighted by molar-refractivity contribution is 5.10. The van der Waals surface area contributed by atoms with Crippen LogP contribution in [0.15, 0.2) is 0 Å². The molecule has 3 aliphatic carbocycles. The maximum absolute atomic E-state index is 10.3. The number of aliphatic hydroxyl groups is 1. The molecule has 3 unspecified atom stereocenters. The summed E-state index contributed by atoms with van der Waals surface area (Å²) in [5.74, 6) is 1.91. The standard InChI is InChI=1S/C11H20O/c1-7-5-8-6-9(10(8,2)3)11(7,4)12/h7-9,12H,5-6H2,1-4H3/t7?,8?,9?,11-/m0/s1. The fraction of sp³-hybridized carbons (Fsp3) is 1.00. The number of hydrogen-bond acceptors (Lipinski definition) is 1. The van der Waals surface area contributed by atoms with Crippen molar-refractivity contribution in [1.82, 2.24) is 0 Å². The summed E-state index contributed by atoms with van der Waals surface area (Å²) in [6.45, 7) is 8.84. The van der Waals surface area contributed by atoms with E-state index in [0.717, 1.165) is 5.92 Å². The van der Waals surface area contributed by atoms with E-state index < -0.39 is 5.60 Å². The van der Waals surface area contributed by atoms with Gasteiger partial charge in [-0.1, -0.05) is 20.8 Å². The van der Waals surface area contributed by atoms with Crippen molar-refractivity contribution in [3.8, 4) is 0 Å². The minimum Gasteiger partial charge on any atom is -0.390 e. The van der Waals surface area contributed by atoms with E-state index in [1.54, 1.807) is 0 Å². The predicted octanol–water partition coefficient (Wildman–Crippen LogP) is 2.44. The Bertz CT molecular complexity index is 205. The molecular weight excluding hydrogens is 148 g/mol. The Kier molecular flexibility index (Phi) is 1.47. The SMILES string of the molecule is CC1CC2CC(C2(C)C)[C@@]1(C)O. The maximum Gasteiger partial charge on any atom is 0.0678 e. The molecule has 2 bridgehead atoms. The highest BCUT2D eigenvalue weighted by atomic mass is 16.3. The van der Waals surface area contributed by atoms with Crippen LogP contribution in [-0.2, 0) is 0 Å². The first kappa shape index (κ1) is 8.55. The van der Waals surface area contributed by atoms with E-state index in [9.17, 15) is 5.11 Å². The van der Waals surface area contributed by atoms with Gasteiger partial charge in [0.15, 0.2) is 0 Å². The second-order valence-corrected chi connectivity index (χ2v) is 5.67. The molecule has 4 atom stereocenters. The van der Waals surface area contributed by atoms with Gasteiger partial charge in [-0.25, -0.2) is 0 Å². The minimum atomic E-state index is -0.405. The van der Waals surface area contributed by atoms with Crippen molar-refractivity contribution in [1.29, 1.82) is 0 Å². The summed E-state index contributed by atoms with van der Waals surface area (Å²) in [5, 5.41) is 10.3. The third-order valence-corrected chi connectivity index (χ3v) is 4.81. The predicted molar refractivity (Wildman–Crippen MR) is 49.8 cm³/mol. The van der Waals surface area contributed by atoms with Crippen LogP contribution in [0.5, 0.6) is 0 Å². The van der Waals surface area contributed by atoms with Crippen molar-refractivity contribution in [3.05, 3.63) is 0 Å². The molecule has 0 aromatic heterocycles. The Morgan fingerprint density at radius 3 is 2.08 bits per heavy atom. The molecule has 0 saturated heterocycles. The molecule has 0 heterocycles. The van der Waals surface area contributed by atoms with Gasteiger partial charge < -0.3 is 5.11 Å². The van der Waals surface area contributed by atoms with Crippen molar-refractivity contribution in [2.75, 3.05) is 0 Å². The first-order valence-corrected chi connectivity index (χ1v) is 5.09. The molecule has 0 aliphatic heterocycles. The lowest BCUT2D eigenvalue weighted by molar-refractivity contribution is -0.220. The van der Waals surface area contributed by atoms with Crippen LogP contribution in [0.1, 0.15) is 40.5 Å². The van der Waals surface area contributed by atoms with E-state index >= 15 is 0 Å². The van der Waals surface area contributed by atoms with Crippen LogP contribution < -0.4 is 0 Å². The van der Waals surface area contributed by atoms with Gasteiger partial charge in [-0.15, -0.1) is 0 Å². The Labute approximate surface area is 75.2 Å². The van der Waals surface area contributed by atoms with Gasteiger partial charge in [-0.3, -0.25) is 0 Å². The zero-order valence-corrected chi connectivity index (χ0v) is 8.59. The Balaban J connectivity index is 2.27. The van der Waals surface area contributed by atoms with Crippen molar-refractivity contribution >= 4 is 0 Å². The topological polar surface area (TPSA) is 20.2 Å². The first-order valence-electron chi connectivity index (χ1n) is 5.09. The lowest BCUT2D eigenvalue weighted by atomic mass is 9.42. The van der Waals surface area contributed by atoms with Crippen LogP contribution in [0.3, 0.4) is 0 Å². The van der Waals surface area contributed by atoms with E-state index in [2.05, 4.69) is 20.8 Å². The van der Waals surface area contributed by atoms with Gasteiger partial charge in [0.25, 0.3) is 0 Å². The molecule has 3 rings (SSSR count). The summed E-state index contributed by atoms with van der Waals surface area (Å²) in [6, 6.07) is 0. The Morgan fingerprint density at radius 1 is 1.17 bits per heavy atom. The van der Waals surface area contributed by atoms with E-state index in [1.165, 1.54) is 12.8 Å². The summed E-state index contributed by atoms with van der Waals surface area (Å²) in [7, 11) is 0. The highest BCUT2D eigenvalue weighted by Gasteiger charge is 2.61. The molecular formula is C11H20O. The van der Waals surface area contributed by atoms with Gasteiger partial charge in [-0.05, 0) is 42.9 Å². The molecule has 3 aliphatic rings. The molecule has 3 fully saturated rings. The summed E-state index contributed by atoms with van der Waals surface area (Å²) in [5.41, 5.74) is -0.00569. The van der Waals surface area contributed by atoms with Crippen LogP contribution in [-0.4, -0.2) is 10.7 Å². The summed E-state index contributed by atoms with van der Waals surface area (Å²) in [4.78, 5) is 0. The maximum atomic E-state index is 10.3. The monoisotopic (exact) mass is 168 g/mol. The first-order chi connectivity index (χ1) is 5.37. The van der Waals surface area contributed by atoms with Gasteiger partial charge in [0.05, 0.1) is 5.60 Å². The molecule has 0 radical (unpaired) electrons. The number of hydrogen-bond donors (Lipinski definition) is 1. The van der Waals surface area contributed by atoms with Gasteiger partial charge in [0.1, 0.15) is 0 Å². The smallest absolute Gasteiger partial charge is 0.0678 e. The Morgan fingerprint density at radius 2 is 1.75 bits per heavy atom. The van der Waals surface area contributed by atoms with Crippen LogP contribution >= 0.6 is 0 Å². The van der Waals surface area contributed by atoms with Gasteiger partial charge in [0.2, 0.25) is 0 Å². The average molecular weight is 168 g/mol. The molecule has 0 amide bonds. The molecule has 70 valence electrons. The quantitative estimate of drug-likeness (QED) is 0.589. The molecule has 12 heavy (non-hydrogen) atoms. The Hall–Kier alpha value is -0.0400. The van der Waals surface area contributed by atoms with Crippen LogP contribution in [0.4, 0.5) is 0 Å². The zero-order chi connectivity index (χ0) is 9.15. The summed E-state index contributed by atoms with van der Waals surface area (Å²) in [6.07, 6.45) is 2.47. The van der Waals surface area contributed by atoms with Crippen molar-refractivity contribution < 1.29 is 5.11 Å². The fourth-order valence-corrected chi connectivity index (χ4v) is 3.42. The zero-order valence-electron chi connectivity index (χ0n) is 8.59. The van der Waals surface area contributed by atoms with Crippen molar-refractivity contribution in [2.24, 2.45) is 23.2 Å². The van der Waals surface area contributed by atoms with E-state index in [4.69, 9.17) is 0 Å².